The van der Waals surface area contributed by atoms with Crippen LogP contribution in [-0.2, 0) is 11.8 Å². The van der Waals surface area contributed by atoms with Gasteiger partial charge in [0, 0.05) is 6.42 Å². The summed E-state index contributed by atoms with van der Waals surface area (Å²) in [5.74, 6) is 0. The molecule has 2 heteroatoms. The summed E-state index contributed by atoms with van der Waals surface area (Å²) in [7, 11) is 0. The minimum absolute atomic E-state index is 0.374. The van der Waals surface area contributed by atoms with Crippen molar-refractivity contribution >= 4 is 0 Å². The Morgan fingerprint density at radius 3 is 2.28 bits per heavy atom. The van der Waals surface area contributed by atoms with Crippen LogP contribution in [0.3, 0.4) is 0 Å². The summed E-state index contributed by atoms with van der Waals surface area (Å²) >= 11 is 0. The van der Waals surface area contributed by atoms with Gasteiger partial charge in [0.25, 0.3) is 0 Å². The monoisotopic (exact) mass is 230 g/mol. The minimum atomic E-state index is -1.16. The van der Waals surface area contributed by atoms with Crippen LogP contribution in [-0.4, -0.2) is 0 Å². The Morgan fingerprint density at radius 1 is 1.00 bits per heavy atom. The van der Waals surface area contributed by atoms with Crippen LogP contribution in [0.25, 0.3) is 0 Å². The van der Waals surface area contributed by atoms with Crippen molar-refractivity contribution in [1.82, 2.24) is 0 Å². The molecule has 0 saturated heterocycles. The number of nitrogens with zero attached hydrogens (tertiary/aromatic N) is 2. The van der Waals surface area contributed by atoms with Crippen LogP contribution in [0.4, 0.5) is 0 Å². The van der Waals surface area contributed by atoms with E-state index in [-0.39, 0.29) is 0 Å². The van der Waals surface area contributed by atoms with E-state index in [1.807, 2.05) is 30.3 Å². The molecular formula is C16H10N2. The van der Waals surface area contributed by atoms with Gasteiger partial charge in [0.15, 0.2) is 5.41 Å². The molecule has 0 saturated carbocycles. The quantitative estimate of drug-likeness (QED) is 0.814. The van der Waals surface area contributed by atoms with E-state index in [1.54, 1.807) is 18.2 Å². The summed E-state index contributed by atoms with van der Waals surface area (Å²) in [6.07, 6.45) is 0.374. The molecular weight excluding hydrogens is 220 g/mol. The van der Waals surface area contributed by atoms with Crippen molar-refractivity contribution in [1.29, 1.82) is 10.5 Å². The van der Waals surface area contributed by atoms with Gasteiger partial charge < -0.3 is 0 Å². The van der Waals surface area contributed by atoms with Crippen molar-refractivity contribution in [3.63, 3.8) is 0 Å². The van der Waals surface area contributed by atoms with Crippen molar-refractivity contribution in [3.8, 4) is 12.1 Å². The molecule has 84 valence electrons. The van der Waals surface area contributed by atoms with Gasteiger partial charge in [-0.3, -0.25) is 0 Å². The Hall–Kier alpha value is -2.76. The number of rotatable bonds is 3. The van der Waals surface area contributed by atoms with Crippen molar-refractivity contribution in [2.45, 2.75) is 11.8 Å². The summed E-state index contributed by atoms with van der Waals surface area (Å²) in [5.41, 5.74) is 0.469. The van der Waals surface area contributed by atoms with Gasteiger partial charge in [-0.25, -0.2) is 0 Å². The van der Waals surface area contributed by atoms with Crippen LogP contribution in [0.1, 0.15) is 11.1 Å². The molecule has 0 radical (unpaired) electrons. The third-order valence-electron chi connectivity index (χ3n) is 2.84. The third-order valence-corrected chi connectivity index (χ3v) is 2.84. The Morgan fingerprint density at radius 2 is 1.72 bits per heavy atom. The second kappa shape index (κ2) is 5.05. The average molecular weight is 230 g/mol. The predicted octanol–water partition coefficient (Wildman–Crippen LogP) is 2.81. The molecule has 2 aromatic carbocycles. The number of benzene rings is 1. The fourth-order valence-corrected chi connectivity index (χ4v) is 1.85. The fourth-order valence-electron chi connectivity index (χ4n) is 1.85. The van der Waals surface area contributed by atoms with E-state index in [4.69, 9.17) is 0 Å². The SMILES string of the molecule is N#CC(C#N)(Cc1ccccc1)c1cc#ccc1. The number of nitriles is 2. The van der Waals surface area contributed by atoms with Crippen LogP contribution < -0.4 is 0 Å². The van der Waals surface area contributed by atoms with E-state index in [9.17, 15) is 10.5 Å². The standard InChI is InChI=1S/C16H10N2/c17-12-16(13-18,15-9-5-2-6-10-15)11-14-7-3-1-4-8-14/h1,3-5,7-10H,11H2. The first-order chi connectivity index (χ1) is 8.80. The predicted molar refractivity (Wildman–Crippen MR) is 67.2 cm³/mol. The summed E-state index contributed by atoms with van der Waals surface area (Å²) < 4.78 is 0. The maximum absolute atomic E-state index is 9.39. The highest BCUT2D eigenvalue weighted by Gasteiger charge is 2.32. The van der Waals surface area contributed by atoms with Crippen LogP contribution in [0.5, 0.6) is 0 Å². The Labute approximate surface area is 107 Å². The molecule has 0 unspecified atom stereocenters. The molecule has 2 nitrogen and oxygen atoms in total. The van der Waals surface area contributed by atoms with Crippen molar-refractivity contribution in [2.24, 2.45) is 0 Å². The normalized spacial score (nSPS) is 9.89. The molecule has 0 N–H and O–H groups in total. The van der Waals surface area contributed by atoms with Gasteiger partial charge in [-0.2, -0.15) is 10.5 Å². The minimum Gasteiger partial charge on any atom is -0.196 e. The number of hydrogen-bond acceptors (Lipinski definition) is 2. The lowest BCUT2D eigenvalue weighted by atomic mass is 9.78. The third kappa shape index (κ3) is 2.17. The summed E-state index contributed by atoms with van der Waals surface area (Å²) in [5, 5.41) is 18.8. The molecule has 0 heterocycles. The van der Waals surface area contributed by atoms with Gasteiger partial charge in [0.1, 0.15) is 0 Å². The molecule has 0 aliphatic carbocycles. The largest absolute Gasteiger partial charge is 0.196 e. The van der Waals surface area contributed by atoms with E-state index < -0.39 is 5.41 Å². The van der Waals surface area contributed by atoms with Gasteiger partial charge in [-0.15, -0.1) is 0 Å². The first kappa shape index (κ1) is 11.7. The zero-order valence-electron chi connectivity index (χ0n) is 9.72. The fraction of sp³-hybridized carbons (Fsp3) is 0.125. The van der Waals surface area contributed by atoms with Gasteiger partial charge in [0.05, 0.1) is 12.1 Å². The molecule has 0 amide bonds. The lowest BCUT2D eigenvalue weighted by molar-refractivity contribution is 0.695. The van der Waals surface area contributed by atoms with Gasteiger partial charge in [0.2, 0.25) is 0 Å². The van der Waals surface area contributed by atoms with E-state index in [0.717, 1.165) is 5.56 Å². The summed E-state index contributed by atoms with van der Waals surface area (Å²) in [4.78, 5) is 0. The number of hydrogen-bond donors (Lipinski definition) is 0. The molecule has 2 rings (SSSR count). The maximum atomic E-state index is 9.39. The van der Waals surface area contributed by atoms with E-state index >= 15 is 0 Å². The molecule has 18 heavy (non-hydrogen) atoms. The smallest absolute Gasteiger partial charge is 0.173 e. The highest BCUT2D eigenvalue weighted by molar-refractivity contribution is 5.41. The Balaban J connectivity index is 2.42. The molecule has 0 spiro atoms. The zero-order valence-corrected chi connectivity index (χ0v) is 9.72. The lowest BCUT2D eigenvalue weighted by Crippen LogP contribution is -2.24. The van der Waals surface area contributed by atoms with Crippen LogP contribution in [0.15, 0.2) is 48.5 Å². The van der Waals surface area contributed by atoms with Crippen LogP contribution in [0, 0.1) is 34.8 Å². The second-order valence-electron chi connectivity index (χ2n) is 4.01. The second-order valence-corrected chi connectivity index (χ2v) is 4.01. The Kier molecular flexibility index (Phi) is 3.29. The van der Waals surface area contributed by atoms with Crippen LogP contribution in [0.2, 0.25) is 0 Å². The zero-order chi connectivity index (χ0) is 12.8. The first-order valence-corrected chi connectivity index (χ1v) is 5.55. The maximum Gasteiger partial charge on any atom is 0.173 e. The molecule has 0 aromatic heterocycles. The van der Waals surface area contributed by atoms with E-state index in [2.05, 4.69) is 24.3 Å². The topological polar surface area (TPSA) is 47.6 Å². The molecule has 0 fully saturated rings. The summed E-state index contributed by atoms with van der Waals surface area (Å²) in [6.45, 7) is 0. The Bertz CT molecular complexity index is 574. The molecule has 0 bridgehead atoms. The highest BCUT2D eigenvalue weighted by Crippen LogP contribution is 2.26. The lowest BCUT2D eigenvalue weighted by Gasteiger charge is -2.18. The van der Waals surface area contributed by atoms with E-state index in [1.165, 1.54) is 0 Å². The van der Waals surface area contributed by atoms with Gasteiger partial charge in [-0.05, 0) is 29.3 Å². The average Bonchev–Trinajstić information content (AvgIpc) is 2.47. The van der Waals surface area contributed by atoms with Crippen LogP contribution >= 0.6 is 0 Å². The molecule has 0 atom stereocenters. The van der Waals surface area contributed by atoms with Crippen molar-refractivity contribution in [3.05, 3.63) is 71.8 Å². The first-order valence-electron chi connectivity index (χ1n) is 5.55. The van der Waals surface area contributed by atoms with Gasteiger partial charge >= 0.3 is 0 Å². The van der Waals surface area contributed by atoms with Crippen molar-refractivity contribution in [2.75, 3.05) is 0 Å². The molecule has 0 aliphatic heterocycles. The highest BCUT2D eigenvalue weighted by atomic mass is 14.4. The van der Waals surface area contributed by atoms with E-state index in [0.29, 0.717) is 12.0 Å². The molecule has 2 aromatic rings. The van der Waals surface area contributed by atoms with Gasteiger partial charge in [-0.1, -0.05) is 42.5 Å². The molecule has 0 aliphatic rings. The van der Waals surface area contributed by atoms with Crippen molar-refractivity contribution < 1.29 is 0 Å². The summed E-state index contributed by atoms with van der Waals surface area (Å²) in [6, 6.07) is 24.5.